The molecule has 2 amide bonds. The second-order valence-electron chi connectivity index (χ2n) is 6.25. The van der Waals surface area contributed by atoms with Crippen LogP contribution in [-0.2, 0) is 9.59 Å². The first kappa shape index (κ1) is 19.6. The number of hydrazone groups is 1. The van der Waals surface area contributed by atoms with E-state index in [0.717, 1.165) is 11.1 Å². The maximum absolute atomic E-state index is 12.3. The number of carbonyl (C=O) groups excluding carboxylic acids is 3. The zero-order valence-electron chi connectivity index (χ0n) is 15.6. The first-order chi connectivity index (χ1) is 13.3. The summed E-state index contributed by atoms with van der Waals surface area (Å²) in [6.07, 6.45) is 0. The van der Waals surface area contributed by atoms with Crippen LogP contribution in [0.15, 0.2) is 53.6 Å². The van der Waals surface area contributed by atoms with Gasteiger partial charge in [-0.05, 0) is 36.8 Å². The van der Waals surface area contributed by atoms with Crippen molar-refractivity contribution < 1.29 is 19.1 Å². The number of nitrogens with zero attached hydrogens (tertiary/aromatic N) is 2. The summed E-state index contributed by atoms with van der Waals surface area (Å²) in [7, 11) is 0. The number of aryl methyl sites for hydroxylation is 1. The van der Waals surface area contributed by atoms with Crippen LogP contribution in [-0.4, -0.2) is 28.0 Å². The van der Waals surface area contributed by atoms with E-state index in [0.29, 0.717) is 16.5 Å². The third-order valence-corrected chi connectivity index (χ3v) is 4.98. The van der Waals surface area contributed by atoms with Crippen LogP contribution in [0, 0.1) is 6.92 Å². The van der Waals surface area contributed by atoms with Crippen molar-refractivity contribution in [2.24, 2.45) is 5.10 Å². The number of hydrogen-bond donors (Lipinski definition) is 1. The van der Waals surface area contributed by atoms with Crippen molar-refractivity contribution in [2.75, 3.05) is 0 Å². The summed E-state index contributed by atoms with van der Waals surface area (Å²) >= 11 is 1.26. The Kier molecular flexibility index (Phi) is 5.79. The number of ether oxygens (including phenoxy) is 1. The van der Waals surface area contributed by atoms with Gasteiger partial charge in [-0.25, -0.2) is 9.80 Å². The number of nitrogens with one attached hydrogen (secondary N) is 1. The van der Waals surface area contributed by atoms with Gasteiger partial charge in [0.05, 0.1) is 5.56 Å². The lowest BCUT2D eigenvalue weighted by molar-refractivity contribution is -0.129. The Morgan fingerprint density at radius 3 is 2.43 bits per heavy atom. The van der Waals surface area contributed by atoms with Gasteiger partial charge in [-0.1, -0.05) is 41.6 Å². The maximum atomic E-state index is 12.3. The number of rotatable bonds is 3. The smallest absolute Gasteiger partial charge is 0.343 e. The summed E-state index contributed by atoms with van der Waals surface area (Å²) in [6, 6.07) is 14.0. The maximum Gasteiger partial charge on any atom is 0.343 e. The Labute approximate surface area is 166 Å². The summed E-state index contributed by atoms with van der Waals surface area (Å²) in [5.41, 5.74) is 2.24. The summed E-state index contributed by atoms with van der Waals surface area (Å²) in [5, 5.41) is 8.02. The number of amides is 2. The minimum Gasteiger partial charge on any atom is -0.423 e. The summed E-state index contributed by atoms with van der Waals surface area (Å²) < 4.78 is 5.41. The normalized spacial score (nSPS) is 15.8. The van der Waals surface area contributed by atoms with Crippen LogP contribution in [0.2, 0.25) is 0 Å². The average Bonchev–Trinajstić information content (AvgIpc) is 3.05. The van der Waals surface area contributed by atoms with E-state index in [1.165, 1.54) is 30.6 Å². The lowest BCUT2D eigenvalue weighted by atomic mass is 10.1. The van der Waals surface area contributed by atoms with Gasteiger partial charge in [-0.2, -0.15) is 0 Å². The van der Waals surface area contributed by atoms with Gasteiger partial charge in [0.1, 0.15) is 11.1 Å². The Bertz CT molecular complexity index is 956. The lowest BCUT2D eigenvalue weighted by Gasteiger charge is -2.19. The molecule has 0 saturated carbocycles. The first-order valence-electron chi connectivity index (χ1n) is 8.55. The molecule has 28 heavy (non-hydrogen) atoms. The summed E-state index contributed by atoms with van der Waals surface area (Å²) in [5.74, 6) is -0.537. The predicted octanol–water partition coefficient (Wildman–Crippen LogP) is 3.22. The van der Waals surface area contributed by atoms with Crippen LogP contribution >= 0.6 is 11.8 Å². The minimum absolute atomic E-state index is 0.243. The van der Waals surface area contributed by atoms with E-state index < -0.39 is 11.3 Å². The highest BCUT2D eigenvalue weighted by molar-refractivity contribution is 8.14. The Hall–Kier alpha value is -3.13. The molecular weight excluding hydrogens is 378 g/mol. The van der Waals surface area contributed by atoms with Crippen molar-refractivity contribution in [3.05, 3.63) is 65.2 Å². The quantitative estimate of drug-likeness (QED) is 0.635. The monoisotopic (exact) mass is 397 g/mol. The van der Waals surface area contributed by atoms with E-state index in [1.54, 1.807) is 42.5 Å². The van der Waals surface area contributed by atoms with Crippen molar-refractivity contribution in [2.45, 2.75) is 26.1 Å². The molecule has 144 valence electrons. The molecule has 7 nitrogen and oxygen atoms in total. The Balaban J connectivity index is 1.72. The molecule has 1 N–H and O–H groups in total. The molecule has 0 aromatic heterocycles. The molecule has 0 spiro atoms. The topological polar surface area (TPSA) is 88.1 Å². The molecule has 1 unspecified atom stereocenters. The van der Waals surface area contributed by atoms with Gasteiger partial charge >= 0.3 is 5.97 Å². The highest BCUT2D eigenvalue weighted by Crippen LogP contribution is 2.39. The van der Waals surface area contributed by atoms with E-state index in [2.05, 4.69) is 10.4 Å². The number of amidine groups is 1. The van der Waals surface area contributed by atoms with Crippen molar-refractivity contribution in [1.82, 2.24) is 10.3 Å². The van der Waals surface area contributed by atoms with E-state index >= 15 is 0 Å². The molecule has 0 saturated heterocycles. The lowest BCUT2D eigenvalue weighted by Crippen LogP contribution is -2.25. The largest absolute Gasteiger partial charge is 0.423 e. The molecular formula is C20H19N3O4S. The molecule has 1 aliphatic rings. The van der Waals surface area contributed by atoms with Crippen molar-refractivity contribution in [1.29, 1.82) is 0 Å². The van der Waals surface area contributed by atoms with Gasteiger partial charge in [0.25, 0.3) is 0 Å². The molecule has 0 bridgehead atoms. The van der Waals surface area contributed by atoms with Gasteiger partial charge in [-0.3, -0.25) is 9.59 Å². The van der Waals surface area contributed by atoms with Gasteiger partial charge in [0, 0.05) is 13.8 Å². The Morgan fingerprint density at radius 1 is 1.11 bits per heavy atom. The summed E-state index contributed by atoms with van der Waals surface area (Å²) in [4.78, 5) is 35.4. The van der Waals surface area contributed by atoms with E-state index in [4.69, 9.17) is 4.74 Å². The summed E-state index contributed by atoms with van der Waals surface area (Å²) in [6.45, 7) is 4.69. The first-order valence-corrected chi connectivity index (χ1v) is 9.43. The zero-order valence-corrected chi connectivity index (χ0v) is 16.4. The number of hydrogen-bond acceptors (Lipinski definition) is 6. The molecule has 2 aromatic rings. The second-order valence-corrected chi connectivity index (χ2v) is 7.32. The van der Waals surface area contributed by atoms with Gasteiger partial charge in [0.2, 0.25) is 11.8 Å². The number of benzene rings is 2. The zero-order chi connectivity index (χ0) is 20.3. The molecule has 1 aliphatic heterocycles. The number of thioether (sulfide) groups is 1. The fourth-order valence-corrected chi connectivity index (χ4v) is 3.76. The number of carbonyl (C=O) groups is 3. The highest BCUT2D eigenvalue weighted by Gasteiger charge is 2.32. The van der Waals surface area contributed by atoms with Crippen LogP contribution in [0.25, 0.3) is 0 Å². The van der Waals surface area contributed by atoms with Gasteiger partial charge in [0.15, 0.2) is 5.17 Å². The molecule has 1 heterocycles. The molecule has 3 rings (SSSR count). The van der Waals surface area contributed by atoms with Crippen LogP contribution in [0.5, 0.6) is 5.75 Å². The fourth-order valence-electron chi connectivity index (χ4n) is 2.62. The van der Waals surface area contributed by atoms with E-state index in [-0.39, 0.29) is 11.8 Å². The van der Waals surface area contributed by atoms with E-state index in [1.807, 2.05) is 13.0 Å². The minimum atomic E-state index is -0.437. The van der Waals surface area contributed by atoms with E-state index in [9.17, 15) is 14.4 Å². The standard InChI is InChI=1S/C20H19N3O4S/c1-12-5-4-6-16(11-12)19(26)27-17-9-7-15(8-10-17)18-23(14(3)25)22-20(28-18)21-13(2)24/h4-11,18H,1-3H3,(H,21,22,24). The molecule has 2 aromatic carbocycles. The third kappa shape index (κ3) is 4.58. The van der Waals surface area contributed by atoms with Crippen LogP contribution in [0.4, 0.5) is 0 Å². The highest BCUT2D eigenvalue weighted by atomic mass is 32.2. The van der Waals surface area contributed by atoms with Crippen molar-refractivity contribution >= 4 is 34.7 Å². The van der Waals surface area contributed by atoms with Gasteiger partial charge < -0.3 is 10.1 Å². The SMILES string of the molecule is CC(=O)NC1=NN(C(C)=O)C(c2ccc(OC(=O)c3cccc(C)c3)cc2)S1. The molecule has 0 radical (unpaired) electrons. The average molecular weight is 397 g/mol. The third-order valence-electron chi connectivity index (χ3n) is 3.88. The molecule has 0 fully saturated rings. The van der Waals surface area contributed by atoms with Crippen LogP contribution in [0.3, 0.4) is 0 Å². The van der Waals surface area contributed by atoms with Gasteiger partial charge in [-0.15, -0.1) is 5.10 Å². The molecule has 0 aliphatic carbocycles. The van der Waals surface area contributed by atoms with Crippen molar-refractivity contribution in [3.8, 4) is 5.75 Å². The van der Waals surface area contributed by atoms with Crippen molar-refractivity contribution in [3.63, 3.8) is 0 Å². The van der Waals surface area contributed by atoms with Crippen LogP contribution in [0.1, 0.15) is 40.7 Å². The van der Waals surface area contributed by atoms with Crippen LogP contribution < -0.4 is 10.1 Å². The predicted molar refractivity (Wildman–Crippen MR) is 107 cm³/mol. The Morgan fingerprint density at radius 2 is 1.82 bits per heavy atom. The number of esters is 1. The fraction of sp³-hybridized carbons (Fsp3) is 0.200. The molecule has 1 atom stereocenters. The molecule has 8 heteroatoms. The second kappa shape index (κ2) is 8.26.